The first-order valence-corrected chi connectivity index (χ1v) is 38.9. The third-order valence-electron chi connectivity index (χ3n) is 23.0. The maximum Gasteiger partial charge on any atom is 0.246 e. The van der Waals surface area contributed by atoms with Crippen LogP contribution >= 0.6 is 22.6 Å². The van der Waals surface area contributed by atoms with Crippen LogP contribution in [0.25, 0.3) is 0 Å². The second-order valence-corrected chi connectivity index (χ2v) is 33.7. The standard InChI is InChI=1S/C74H125IN12O13/c1-17-48(7)64-72(98)81(11)44-63(90)87-35-32-57(87)70(96)84(14)59(41-50-26-24-47(6)25-27-50)69(95)80(10)43-61(88)76-54(40-51-22-21-23-52(75)38-51)65(91)77-56(39-49-28-30-53(100-16)31-29-49)68(94)85(15)74(8,9)73(99)78-55(36-45(2)3)67(93)83(13)60(71(97)86-33-19-18-20-34-86)42-62(89)82(12)58(37-46(4)5)66(92)79-64/h45-60,64H,17-44H2,1-16H3,(H,76,88)(H,77,91)(H,78,99)(H,79,92)/t47?,48-,49?,50?,51?,52?,53?,54-,55-,56-,57-,58-,59-,60-,64-/m0/s1. The maximum absolute atomic E-state index is 15.5. The Morgan fingerprint density at radius 2 is 1.16 bits per heavy atom. The zero-order valence-corrected chi connectivity index (χ0v) is 65.5. The Labute approximate surface area is 610 Å². The Balaban J connectivity index is 1.43. The molecule has 26 heteroatoms. The van der Waals surface area contributed by atoms with Crippen LogP contribution in [0.3, 0.4) is 0 Å². The van der Waals surface area contributed by atoms with E-state index >= 15 is 28.8 Å². The normalized spacial score (nSPS) is 31.7. The van der Waals surface area contributed by atoms with Crippen LogP contribution < -0.4 is 21.3 Å². The van der Waals surface area contributed by atoms with Gasteiger partial charge in [0.25, 0.3) is 0 Å². The van der Waals surface area contributed by atoms with Gasteiger partial charge in [0, 0.05) is 73.0 Å². The van der Waals surface area contributed by atoms with E-state index in [1.165, 1.54) is 69.5 Å². The lowest BCUT2D eigenvalue weighted by atomic mass is 9.79. The lowest BCUT2D eigenvalue weighted by Gasteiger charge is -2.44. The molecular weight excluding hydrogens is 1390 g/mol. The molecule has 4 N–H and O–H groups in total. The zero-order chi connectivity index (χ0) is 74.2. The molecule has 0 aromatic rings. The smallest absolute Gasteiger partial charge is 0.246 e. The number of piperidine rings is 1. The molecule has 6 fully saturated rings. The summed E-state index contributed by atoms with van der Waals surface area (Å²) in [4.78, 5) is 190. The summed E-state index contributed by atoms with van der Waals surface area (Å²) >= 11 is 2.43. The van der Waals surface area contributed by atoms with Crippen LogP contribution in [-0.2, 0) is 62.3 Å². The summed E-state index contributed by atoms with van der Waals surface area (Å²) in [5.41, 5.74) is -1.68. The van der Waals surface area contributed by atoms with E-state index in [9.17, 15) is 28.8 Å². The minimum absolute atomic E-state index is 0.0334. The number of hydrogen-bond donors (Lipinski definition) is 4. The van der Waals surface area contributed by atoms with Crippen LogP contribution in [0.15, 0.2) is 0 Å². The largest absolute Gasteiger partial charge is 0.381 e. The van der Waals surface area contributed by atoms with E-state index in [0.717, 1.165) is 70.6 Å². The van der Waals surface area contributed by atoms with Crippen molar-refractivity contribution in [2.45, 2.75) is 274 Å². The SMILES string of the molecule is CC[C@H](C)[C@@H]1NC(=O)[C@H](CC(C)C)N(C)C(=O)C[C@@H](C(=O)N2CCCCC2)N(C)C(=O)[C@H](CC(C)C)NC(=O)C(C)(C)N(C)C(=O)[C@H](CC2CCC(OC)CC2)NC(=O)[C@H](CC2CCCC(I)C2)NC(=O)CN(C)C(=O)[C@H](CC2CCC(C)CC2)N(C)C(=O)[C@@H]2CCN2C(=O)CN(C)C1=O. The van der Waals surface area contributed by atoms with Crippen molar-refractivity contribution in [3.05, 3.63) is 0 Å². The molecule has 25 nitrogen and oxygen atoms in total. The van der Waals surface area contributed by atoms with Crippen LogP contribution in [0.1, 0.15) is 210 Å². The molecule has 0 radical (unpaired) electrons. The number of hydrogen-bond acceptors (Lipinski definition) is 13. The van der Waals surface area contributed by atoms with Crippen LogP contribution in [0, 0.1) is 41.4 Å². The number of rotatable bonds is 14. The fourth-order valence-corrected chi connectivity index (χ4v) is 16.7. The molecule has 100 heavy (non-hydrogen) atoms. The van der Waals surface area contributed by atoms with Gasteiger partial charge in [-0.15, -0.1) is 0 Å². The van der Waals surface area contributed by atoms with Gasteiger partial charge in [0.15, 0.2) is 0 Å². The summed E-state index contributed by atoms with van der Waals surface area (Å²) in [5, 5.41) is 12.0. The van der Waals surface area contributed by atoms with Gasteiger partial charge < -0.3 is 65.2 Å². The third-order valence-corrected chi connectivity index (χ3v) is 24.1. The van der Waals surface area contributed by atoms with Crippen molar-refractivity contribution < 1.29 is 62.3 Å². The number of likely N-dealkylation sites (tertiary alicyclic amines) is 1. The van der Waals surface area contributed by atoms with E-state index in [2.05, 4.69) is 50.8 Å². The molecule has 0 spiro atoms. The van der Waals surface area contributed by atoms with E-state index in [1.54, 1.807) is 39.8 Å². The Kier molecular flexibility index (Phi) is 31.8. The second kappa shape index (κ2) is 38.2. The molecule has 566 valence electrons. The first kappa shape index (κ1) is 83.3. The maximum atomic E-state index is 15.5. The summed E-state index contributed by atoms with van der Waals surface area (Å²) in [6.45, 7) is 16.6. The second-order valence-electron chi connectivity index (χ2n) is 32.0. The minimum Gasteiger partial charge on any atom is -0.381 e. The number of alkyl halides is 1. The molecule has 11 atom stereocenters. The molecule has 0 aromatic carbocycles. The molecule has 6 rings (SSSR count). The fraction of sp³-hybridized carbons (Fsp3) is 0.838. The summed E-state index contributed by atoms with van der Waals surface area (Å²) < 4.78 is 6.05. The molecular formula is C74H125IN12O13. The predicted octanol–water partition coefficient (Wildman–Crippen LogP) is 5.91. The highest BCUT2D eigenvalue weighted by Crippen LogP contribution is 2.36. The molecule has 3 aliphatic carbocycles. The number of carbonyl (C=O) groups is 12. The quantitative estimate of drug-likeness (QED) is 0.116. The van der Waals surface area contributed by atoms with Crippen LogP contribution in [0.5, 0.6) is 0 Å². The molecule has 12 amide bonds. The zero-order valence-electron chi connectivity index (χ0n) is 63.4. The molecule has 3 saturated carbocycles. The number of fused-ring (bicyclic) bond motifs is 1. The minimum atomic E-state index is -1.68. The molecule has 0 bridgehead atoms. The van der Waals surface area contributed by atoms with Crippen molar-refractivity contribution in [1.29, 1.82) is 0 Å². The Morgan fingerprint density at radius 1 is 0.560 bits per heavy atom. The average Bonchev–Trinajstić information content (AvgIpc) is 0.801. The third kappa shape index (κ3) is 22.4. The van der Waals surface area contributed by atoms with Crippen LogP contribution in [0.2, 0.25) is 0 Å². The number of nitrogens with one attached hydrogen (secondary N) is 4. The van der Waals surface area contributed by atoms with Crippen molar-refractivity contribution in [2.75, 3.05) is 82.1 Å². The van der Waals surface area contributed by atoms with Crippen LogP contribution in [0.4, 0.5) is 0 Å². The summed E-state index contributed by atoms with van der Waals surface area (Å²) in [6, 6.07) is -9.27. The van der Waals surface area contributed by atoms with Gasteiger partial charge in [-0.1, -0.05) is 116 Å². The molecule has 6 aliphatic rings. The summed E-state index contributed by atoms with van der Waals surface area (Å²) in [7, 11) is 10.6. The first-order valence-electron chi connectivity index (χ1n) is 37.6. The highest BCUT2D eigenvalue weighted by molar-refractivity contribution is 14.1. The van der Waals surface area contributed by atoms with E-state index in [4.69, 9.17) is 4.74 Å². The molecule has 2 unspecified atom stereocenters. The topological polar surface area (TPSA) is 288 Å². The van der Waals surface area contributed by atoms with Crippen LogP contribution in [-0.4, -0.2) is 256 Å². The van der Waals surface area contributed by atoms with Gasteiger partial charge in [-0.25, -0.2) is 0 Å². The number of likely N-dealkylation sites (N-methyl/N-ethyl adjacent to an activating group) is 6. The number of ether oxygens (including phenoxy) is 1. The van der Waals surface area contributed by atoms with E-state index in [0.29, 0.717) is 67.9 Å². The number of carbonyl (C=O) groups excluding carboxylic acids is 12. The summed E-state index contributed by atoms with van der Waals surface area (Å²) in [5.74, 6) is -7.16. The Hall–Kier alpha value is -5.67. The number of amides is 12. The Bertz CT molecular complexity index is 2840. The number of methoxy groups -OCH3 is 1. The fourth-order valence-electron chi connectivity index (χ4n) is 15.6. The molecule has 3 saturated heterocycles. The van der Waals surface area contributed by atoms with Crippen molar-refractivity contribution in [2.24, 2.45) is 41.4 Å². The lowest BCUT2D eigenvalue weighted by Crippen LogP contribution is -2.64. The van der Waals surface area contributed by atoms with Crippen molar-refractivity contribution in [1.82, 2.24) is 60.5 Å². The summed E-state index contributed by atoms with van der Waals surface area (Å²) in [6.07, 6.45) is 13.6. The highest BCUT2D eigenvalue weighted by atomic mass is 127. The molecule has 3 heterocycles. The number of nitrogens with zero attached hydrogens (tertiary/aromatic N) is 8. The average molecular weight is 1520 g/mol. The van der Waals surface area contributed by atoms with Crippen molar-refractivity contribution >= 4 is 93.5 Å². The first-order chi connectivity index (χ1) is 47.1. The Morgan fingerprint density at radius 3 is 1.74 bits per heavy atom. The van der Waals surface area contributed by atoms with Gasteiger partial charge >= 0.3 is 0 Å². The van der Waals surface area contributed by atoms with Gasteiger partial charge in [-0.3, -0.25) is 57.5 Å². The van der Waals surface area contributed by atoms with Crippen molar-refractivity contribution in [3.63, 3.8) is 0 Å². The molecule has 0 aromatic heterocycles. The van der Waals surface area contributed by atoms with Gasteiger partial charge in [-0.05, 0) is 152 Å². The van der Waals surface area contributed by atoms with E-state index < -0.39 is 150 Å². The monoisotopic (exact) mass is 1520 g/mol. The van der Waals surface area contributed by atoms with Gasteiger partial charge in [-0.2, -0.15) is 0 Å². The van der Waals surface area contributed by atoms with Gasteiger partial charge in [0.1, 0.15) is 53.9 Å². The lowest BCUT2D eigenvalue weighted by molar-refractivity contribution is -0.158. The molecule has 3 aliphatic heterocycles. The van der Waals surface area contributed by atoms with E-state index in [1.807, 2.05) is 34.6 Å². The van der Waals surface area contributed by atoms with Gasteiger partial charge in [0.05, 0.1) is 25.6 Å². The van der Waals surface area contributed by atoms with Gasteiger partial charge in [0.2, 0.25) is 70.9 Å². The highest BCUT2D eigenvalue weighted by Gasteiger charge is 2.47. The number of halogens is 1. The predicted molar refractivity (Wildman–Crippen MR) is 391 cm³/mol. The van der Waals surface area contributed by atoms with E-state index in [-0.39, 0.29) is 67.9 Å². The van der Waals surface area contributed by atoms with Crippen molar-refractivity contribution in [3.8, 4) is 0 Å².